The molecule has 0 aliphatic carbocycles. The van der Waals surface area contributed by atoms with Crippen LogP contribution in [-0.4, -0.2) is 22.5 Å². The Morgan fingerprint density at radius 1 is 1.04 bits per heavy atom. The molecule has 0 aliphatic rings. The number of carbonyl (C=O) groups excluding carboxylic acids is 1. The number of benzene rings is 2. The van der Waals surface area contributed by atoms with Gasteiger partial charge in [0.15, 0.2) is 0 Å². The number of aryl methyl sites for hydroxylation is 2. The molecule has 0 aliphatic heterocycles. The summed E-state index contributed by atoms with van der Waals surface area (Å²) in [5.74, 6) is 0.855. The Balaban J connectivity index is 1.70. The van der Waals surface area contributed by atoms with Gasteiger partial charge < -0.3 is 15.4 Å². The van der Waals surface area contributed by atoms with Crippen LogP contribution in [0.2, 0.25) is 0 Å². The summed E-state index contributed by atoms with van der Waals surface area (Å²) >= 11 is 0. The average Bonchev–Trinajstić information content (AvgIpc) is 2.63. The minimum atomic E-state index is -0.340. The van der Waals surface area contributed by atoms with Crippen molar-refractivity contribution < 1.29 is 9.53 Å². The number of hydrogen-bond acceptors (Lipinski definition) is 5. The molecule has 0 saturated carbocycles. The van der Waals surface area contributed by atoms with Crippen LogP contribution in [-0.2, 0) is 0 Å². The van der Waals surface area contributed by atoms with Crippen molar-refractivity contribution in [3.63, 3.8) is 0 Å². The van der Waals surface area contributed by atoms with Crippen LogP contribution in [0.3, 0.4) is 0 Å². The van der Waals surface area contributed by atoms with E-state index in [-0.39, 0.29) is 11.6 Å². The van der Waals surface area contributed by atoms with Gasteiger partial charge in [-0.1, -0.05) is 18.2 Å². The number of nitrogens with zero attached hydrogens (tertiary/aromatic N) is 2. The lowest BCUT2D eigenvalue weighted by molar-refractivity contribution is 0.102. The molecule has 3 aromatic rings. The Morgan fingerprint density at radius 2 is 1.78 bits per heavy atom. The van der Waals surface area contributed by atoms with E-state index in [9.17, 15) is 4.79 Å². The van der Waals surface area contributed by atoms with Crippen LogP contribution in [0.4, 0.5) is 17.2 Å². The van der Waals surface area contributed by atoms with E-state index in [2.05, 4.69) is 26.7 Å². The molecular formula is C21H22N4O2. The lowest BCUT2D eigenvalue weighted by atomic mass is 10.1. The number of aromatic nitrogens is 2. The van der Waals surface area contributed by atoms with E-state index in [0.717, 1.165) is 16.8 Å². The number of para-hydroxylation sites is 2. The molecule has 2 N–H and O–H groups in total. The molecule has 27 heavy (non-hydrogen) atoms. The summed E-state index contributed by atoms with van der Waals surface area (Å²) in [4.78, 5) is 20.9. The molecule has 1 aromatic heterocycles. The average molecular weight is 362 g/mol. The number of anilines is 3. The first-order chi connectivity index (χ1) is 13.0. The van der Waals surface area contributed by atoms with Gasteiger partial charge in [0.1, 0.15) is 17.3 Å². The Kier molecular flexibility index (Phi) is 5.66. The Morgan fingerprint density at radius 3 is 2.44 bits per heavy atom. The molecule has 3 rings (SSSR count). The Labute approximate surface area is 158 Å². The van der Waals surface area contributed by atoms with Crippen LogP contribution in [0.5, 0.6) is 5.75 Å². The van der Waals surface area contributed by atoms with Crippen LogP contribution in [0.25, 0.3) is 0 Å². The maximum Gasteiger partial charge on any atom is 0.275 e. The first-order valence-electron chi connectivity index (χ1n) is 8.75. The maximum absolute atomic E-state index is 12.4. The van der Waals surface area contributed by atoms with Crippen LogP contribution >= 0.6 is 0 Å². The van der Waals surface area contributed by atoms with Crippen LogP contribution in [0.1, 0.15) is 28.5 Å². The number of nitrogens with one attached hydrogen (secondary N) is 2. The molecule has 0 saturated heterocycles. The first-order valence-corrected chi connectivity index (χ1v) is 8.75. The number of ether oxygens (including phenoxy) is 1. The van der Waals surface area contributed by atoms with Gasteiger partial charge in [-0.3, -0.25) is 4.79 Å². The van der Waals surface area contributed by atoms with Gasteiger partial charge in [0, 0.05) is 5.69 Å². The second-order valence-corrected chi connectivity index (χ2v) is 6.17. The highest BCUT2D eigenvalue weighted by Crippen LogP contribution is 2.24. The summed E-state index contributed by atoms with van der Waals surface area (Å²) in [6, 6.07) is 13.4. The van der Waals surface area contributed by atoms with Gasteiger partial charge in [0.25, 0.3) is 5.91 Å². The van der Waals surface area contributed by atoms with Crippen molar-refractivity contribution in [2.24, 2.45) is 0 Å². The molecule has 0 fully saturated rings. The molecule has 0 radical (unpaired) electrons. The molecule has 0 unspecified atom stereocenters. The van der Waals surface area contributed by atoms with Crippen molar-refractivity contribution in [1.29, 1.82) is 0 Å². The minimum absolute atomic E-state index is 0.229. The fourth-order valence-electron chi connectivity index (χ4n) is 2.74. The normalized spacial score (nSPS) is 10.3. The molecule has 0 atom stereocenters. The van der Waals surface area contributed by atoms with E-state index in [1.807, 2.05) is 51.1 Å². The topological polar surface area (TPSA) is 76.1 Å². The second kappa shape index (κ2) is 8.31. The third-order valence-electron chi connectivity index (χ3n) is 3.81. The van der Waals surface area contributed by atoms with Crippen molar-refractivity contribution >= 4 is 23.1 Å². The molecule has 1 amide bonds. The summed E-state index contributed by atoms with van der Waals surface area (Å²) < 4.78 is 5.52. The molecule has 6 nitrogen and oxygen atoms in total. The highest BCUT2D eigenvalue weighted by molar-refractivity contribution is 6.03. The lowest BCUT2D eigenvalue weighted by Crippen LogP contribution is -2.15. The standard InChI is InChI=1S/C21H22N4O2/c1-4-27-19-8-6-5-7-17(19)25-21(26)18-12-23-20(13-22-18)24-16-10-14(2)9-15(3)11-16/h5-13H,4H2,1-3H3,(H,23,24)(H,25,26). The highest BCUT2D eigenvalue weighted by atomic mass is 16.5. The number of amides is 1. The molecule has 1 heterocycles. The zero-order valence-corrected chi connectivity index (χ0v) is 15.6. The lowest BCUT2D eigenvalue weighted by Gasteiger charge is -2.11. The molecule has 0 spiro atoms. The van der Waals surface area contributed by atoms with E-state index in [1.54, 1.807) is 12.3 Å². The fourth-order valence-corrected chi connectivity index (χ4v) is 2.74. The van der Waals surface area contributed by atoms with E-state index < -0.39 is 0 Å². The smallest absolute Gasteiger partial charge is 0.275 e. The van der Waals surface area contributed by atoms with Crippen molar-refractivity contribution in [2.75, 3.05) is 17.2 Å². The van der Waals surface area contributed by atoms with E-state index in [1.165, 1.54) is 6.20 Å². The van der Waals surface area contributed by atoms with Gasteiger partial charge in [0.2, 0.25) is 0 Å². The summed E-state index contributed by atoms with van der Waals surface area (Å²) in [5, 5.41) is 6.01. The molecular weight excluding hydrogens is 340 g/mol. The van der Waals surface area contributed by atoms with Gasteiger partial charge in [-0.05, 0) is 56.2 Å². The Bertz CT molecular complexity index is 919. The third kappa shape index (κ3) is 4.82. The van der Waals surface area contributed by atoms with Crippen LogP contribution < -0.4 is 15.4 Å². The van der Waals surface area contributed by atoms with E-state index in [4.69, 9.17) is 4.74 Å². The monoisotopic (exact) mass is 362 g/mol. The van der Waals surface area contributed by atoms with Gasteiger partial charge >= 0.3 is 0 Å². The second-order valence-electron chi connectivity index (χ2n) is 6.17. The van der Waals surface area contributed by atoms with Crippen molar-refractivity contribution in [3.05, 3.63) is 71.7 Å². The van der Waals surface area contributed by atoms with Gasteiger partial charge in [-0.2, -0.15) is 0 Å². The number of hydrogen-bond donors (Lipinski definition) is 2. The fraction of sp³-hybridized carbons (Fsp3) is 0.190. The molecule has 2 aromatic carbocycles. The summed E-state index contributed by atoms with van der Waals surface area (Å²) in [7, 11) is 0. The maximum atomic E-state index is 12.4. The highest BCUT2D eigenvalue weighted by Gasteiger charge is 2.11. The van der Waals surface area contributed by atoms with E-state index >= 15 is 0 Å². The summed E-state index contributed by atoms with van der Waals surface area (Å²) in [5.41, 5.74) is 4.09. The Hall–Kier alpha value is -3.41. The quantitative estimate of drug-likeness (QED) is 0.676. The SMILES string of the molecule is CCOc1ccccc1NC(=O)c1cnc(Nc2cc(C)cc(C)c2)cn1. The van der Waals surface area contributed by atoms with Gasteiger partial charge in [-0.15, -0.1) is 0 Å². The number of carbonyl (C=O) groups is 1. The van der Waals surface area contributed by atoms with Crippen molar-refractivity contribution in [3.8, 4) is 5.75 Å². The minimum Gasteiger partial charge on any atom is -0.492 e. The van der Waals surface area contributed by atoms with Crippen LogP contribution in [0.15, 0.2) is 54.9 Å². The number of rotatable bonds is 6. The van der Waals surface area contributed by atoms with Crippen molar-refractivity contribution in [2.45, 2.75) is 20.8 Å². The van der Waals surface area contributed by atoms with E-state index in [0.29, 0.717) is 23.9 Å². The predicted octanol–water partition coefficient (Wildman–Crippen LogP) is 4.49. The molecule has 6 heteroatoms. The zero-order valence-electron chi connectivity index (χ0n) is 15.6. The largest absolute Gasteiger partial charge is 0.492 e. The van der Waals surface area contributed by atoms with Gasteiger partial charge in [-0.25, -0.2) is 9.97 Å². The van der Waals surface area contributed by atoms with Crippen molar-refractivity contribution in [1.82, 2.24) is 9.97 Å². The third-order valence-corrected chi connectivity index (χ3v) is 3.81. The molecule has 138 valence electrons. The summed E-state index contributed by atoms with van der Waals surface area (Å²) in [6.07, 6.45) is 2.99. The van der Waals surface area contributed by atoms with Crippen LogP contribution in [0, 0.1) is 13.8 Å². The summed E-state index contributed by atoms with van der Waals surface area (Å²) in [6.45, 7) is 6.49. The first kappa shape index (κ1) is 18.4. The zero-order chi connectivity index (χ0) is 19.2. The molecule has 0 bridgehead atoms. The predicted molar refractivity (Wildman–Crippen MR) is 107 cm³/mol. The van der Waals surface area contributed by atoms with Gasteiger partial charge in [0.05, 0.1) is 24.7 Å².